The zero-order valence-corrected chi connectivity index (χ0v) is 13.9. The molecule has 1 aromatic carbocycles. The van der Waals surface area contributed by atoms with Crippen LogP contribution in [0.4, 0.5) is 10.5 Å². The maximum atomic E-state index is 11.7. The zero-order valence-electron chi connectivity index (χ0n) is 11.0. The molecule has 0 aliphatic heterocycles. The van der Waals surface area contributed by atoms with Crippen LogP contribution in [0, 0.1) is 3.57 Å². The van der Waals surface area contributed by atoms with Crippen molar-refractivity contribution in [3.8, 4) is 0 Å². The van der Waals surface area contributed by atoms with Gasteiger partial charge in [0, 0.05) is 32.4 Å². The van der Waals surface area contributed by atoms with E-state index < -0.39 is 22.8 Å². The fourth-order valence-corrected chi connectivity index (χ4v) is 2.13. The van der Waals surface area contributed by atoms with Gasteiger partial charge in [0.15, 0.2) is 0 Å². The molecule has 3 N–H and O–H groups in total. The van der Waals surface area contributed by atoms with Gasteiger partial charge >= 0.3 is 12.0 Å². The van der Waals surface area contributed by atoms with Crippen LogP contribution in [0.5, 0.6) is 0 Å². The summed E-state index contributed by atoms with van der Waals surface area (Å²) in [6, 6.07) is 4.19. The molecule has 0 saturated heterocycles. The minimum atomic E-state index is -1.11. The number of hydrogen-bond acceptors (Lipinski definition) is 3. The Morgan fingerprint density at radius 2 is 2.10 bits per heavy atom. The van der Waals surface area contributed by atoms with Crippen molar-refractivity contribution >= 4 is 51.1 Å². The van der Waals surface area contributed by atoms with E-state index in [-0.39, 0.29) is 23.0 Å². The molecule has 1 aromatic rings. The van der Waals surface area contributed by atoms with Crippen LogP contribution in [0.15, 0.2) is 18.2 Å². The summed E-state index contributed by atoms with van der Waals surface area (Å²) in [6.45, 7) is 2.01. The monoisotopic (exact) mass is 410 g/mol. The fraction of sp³-hybridized carbons (Fsp3) is 0.333. The van der Waals surface area contributed by atoms with Gasteiger partial charge in [0.2, 0.25) is 0 Å². The molecule has 110 valence electrons. The lowest BCUT2D eigenvalue weighted by atomic mass is 10.2. The minimum absolute atomic E-state index is 0.0270. The predicted octanol–water partition coefficient (Wildman–Crippen LogP) is 1.88. The van der Waals surface area contributed by atoms with Gasteiger partial charge < -0.3 is 15.7 Å². The van der Waals surface area contributed by atoms with Gasteiger partial charge in [0.05, 0.1) is 11.3 Å². The summed E-state index contributed by atoms with van der Waals surface area (Å²) >= 11 is 2.00. The van der Waals surface area contributed by atoms with E-state index in [0.717, 1.165) is 3.57 Å². The number of nitrogens with one attached hydrogen (secondary N) is 2. The Hall–Kier alpha value is -1.16. The molecular weight excluding hydrogens is 395 g/mol. The van der Waals surface area contributed by atoms with E-state index in [2.05, 4.69) is 10.6 Å². The van der Waals surface area contributed by atoms with Crippen LogP contribution in [0.2, 0.25) is 0 Å². The quantitative estimate of drug-likeness (QED) is 0.646. The number of rotatable bonds is 5. The third kappa shape index (κ3) is 5.08. The fourth-order valence-electron chi connectivity index (χ4n) is 1.32. The topological polar surface area (TPSA) is 95.5 Å². The zero-order chi connectivity index (χ0) is 15.3. The molecule has 2 atom stereocenters. The molecule has 0 saturated carbocycles. The maximum Gasteiger partial charge on any atom is 0.337 e. The average Bonchev–Trinajstić information content (AvgIpc) is 2.37. The summed E-state index contributed by atoms with van der Waals surface area (Å²) in [5.74, 6) is -1.11. The van der Waals surface area contributed by atoms with Gasteiger partial charge in [-0.1, -0.05) is 0 Å². The maximum absolute atomic E-state index is 11.7. The summed E-state index contributed by atoms with van der Waals surface area (Å²) in [5, 5.41) is 13.9. The molecular formula is C12H15IN2O4S. The first-order valence-corrected chi connectivity index (χ1v) is 8.41. The average molecular weight is 410 g/mol. The number of hydrogen-bond donors (Lipinski definition) is 3. The standard InChI is InChI=1S/C12H15IN2O4S/c1-7(20(2)19)6-14-12(18)15-10-4-3-8(13)5-9(10)11(16)17/h3-5,7H,6H2,1-2H3,(H,16,17)(H2,14,15,18). The number of anilines is 1. The molecule has 6 nitrogen and oxygen atoms in total. The van der Waals surface area contributed by atoms with Crippen molar-refractivity contribution in [3.05, 3.63) is 27.3 Å². The van der Waals surface area contributed by atoms with Gasteiger partial charge in [0.25, 0.3) is 0 Å². The molecule has 20 heavy (non-hydrogen) atoms. The molecule has 0 bridgehead atoms. The summed E-state index contributed by atoms with van der Waals surface area (Å²) in [5.41, 5.74) is 0.250. The van der Waals surface area contributed by atoms with Crippen molar-refractivity contribution in [3.63, 3.8) is 0 Å². The van der Waals surface area contributed by atoms with Crippen LogP contribution >= 0.6 is 22.6 Å². The summed E-state index contributed by atoms with van der Waals surface area (Å²) < 4.78 is 11.9. The van der Waals surface area contributed by atoms with E-state index >= 15 is 0 Å². The van der Waals surface area contributed by atoms with Crippen LogP contribution < -0.4 is 10.6 Å². The van der Waals surface area contributed by atoms with Crippen LogP contribution in [0.3, 0.4) is 0 Å². The number of carbonyl (C=O) groups is 2. The van der Waals surface area contributed by atoms with Crippen LogP contribution in [0.25, 0.3) is 0 Å². The Kier molecular flexibility index (Phi) is 6.40. The number of aromatic carboxylic acids is 1. The number of carbonyl (C=O) groups excluding carboxylic acids is 1. The van der Waals surface area contributed by atoms with Crippen LogP contribution in [0.1, 0.15) is 17.3 Å². The number of urea groups is 1. The van der Waals surface area contributed by atoms with Crippen molar-refractivity contribution in [2.45, 2.75) is 12.2 Å². The highest BCUT2D eigenvalue weighted by Crippen LogP contribution is 2.18. The highest BCUT2D eigenvalue weighted by atomic mass is 127. The van der Waals surface area contributed by atoms with Crippen molar-refractivity contribution in [1.82, 2.24) is 5.32 Å². The molecule has 0 spiro atoms. The van der Waals surface area contributed by atoms with Crippen LogP contribution in [-0.4, -0.2) is 39.4 Å². The molecule has 2 unspecified atom stereocenters. The van der Waals surface area contributed by atoms with Gasteiger partial charge in [-0.05, 0) is 47.7 Å². The SMILES string of the molecule is CC(CNC(=O)Nc1ccc(I)cc1C(=O)O)S(C)=O. The summed E-state index contributed by atoms with van der Waals surface area (Å²) in [6.07, 6.45) is 1.56. The lowest BCUT2D eigenvalue weighted by Gasteiger charge is -2.12. The minimum Gasteiger partial charge on any atom is -0.478 e. The Bertz CT molecular complexity index is 550. The Labute approximate surface area is 132 Å². The molecule has 0 heterocycles. The van der Waals surface area contributed by atoms with Gasteiger partial charge in [-0.15, -0.1) is 0 Å². The molecule has 2 amide bonds. The lowest BCUT2D eigenvalue weighted by molar-refractivity contribution is 0.0698. The van der Waals surface area contributed by atoms with Gasteiger partial charge in [-0.3, -0.25) is 4.21 Å². The second-order valence-electron chi connectivity index (χ2n) is 4.14. The molecule has 1 rings (SSSR count). The normalized spacial score (nSPS) is 13.3. The highest BCUT2D eigenvalue weighted by Gasteiger charge is 2.14. The van der Waals surface area contributed by atoms with E-state index in [4.69, 9.17) is 5.11 Å². The van der Waals surface area contributed by atoms with Crippen molar-refractivity contribution < 1.29 is 18.9 Å². The van der Waals surface area contributed by atoms with Gasteiger partial charge in [-0.25, -0.2) is 9.59 Å². The van der Waals surface area contributed by atoms with Gasteiger partial charge in [0.1, 0.15) is 0 Å². The Morgan fingerprint density at radius 1 is 1.45 bits per heavy atom. The van der Waals surface area contributed by atoms with Gasteiger partial charge in [-0.2, -0.15) is 0 Å². The van der Waals surface area contributed by atoms with Crippen molar-refractivity contribution in [2.24, 2.45) is 0 Å². The first-order valence-electron chi connectivity index (χ1n) is 5.71. The van der Waals surface area contributed by atoms with Crippen molar-refractivity contribution in [2.75, 3.05) is 18.1 Å². The summed E-state index contributed by atoms with van der Waals surface area (Å²) in [7, 11) is -1.03. The Morgan fingerprint density at radius 3 is 2.65 bits per heavy atom. The number of amides is 2. The highest BCUT2D eigenvalue weighted by molar-refractivity contribution is 14.1. The van der Waals surface area contributed by atoms with E-state index in [1.807, 2.05) is 22.6 Å². The largest absolute Gasteiger partial charge is 0.478 e. The lowest BCUT2D eigenvalue weighted by Crippen LogP contribution is -2.35. The van der Waals surface area contributed by atoms with Crippen LogP contribution in [-0.2, 0) is 10.8 Å². The van der Waals surface area contributed by atoms with E-state index in [1.54, 1.807) is 19.2 Å². The number of halogens is 1. The number of carboxylic acids is 1. The second kappa shape index (κ2) is 7.58. The third-order valence-corrected chi connectivity index (χ3v) is 4.55. The van der Waals surface area contributed by atoms with E-state index in [0.29, 0.717) is 0 Å². The molecule has 0 radical (unpaired) electrons. The molecule has 8 heteroatoms. The smallest absolute Gasteiger partial charge is 0.337 e. The van der Waals surface area contributed by atoms with E-state index in [1.165, 1.54) is 12.1 Å². The summed E-state index contributed by atoms with van der Waals surface area (Å²) in [4.78, 5) is 22.8. The van der Waals surface area contributed by atoms with Crippen molar-refractivity contribution in [1.29, 1.82) is 0 Å². The third-order valence-electron chi connectivity index (χ3n) is 2.58. The predicted molar refractivity (Wildman–Crippen MR) is 86.7 cm³/mol. The molecule has 0 aliphatic carbocycles. The number of carboxylic acid groups (broad SMARTS) is 1. The first-order chi connectivity index (χ1) is 9.31. The molecule has 0 aliphatic rings. The second-order valence-corrected chi connectivity index (χ2v) is 7.19. The van der Waals surface area contributed by atoms with E-state index in [9.17, 15) is 13.8 Å². The molecule has 0 fully saturated rings. The number of benzene rings is 1. The Balaban J connectivity index is 2.71. The molecule has 0 aromatic heterocycles. The first kappa shape index (κ1) is 16.9.